The smallest absolute Gasteiger partial charge is 0.550 e. The summed E-state index contributed by atoms with van der Waals surface area (Å²) in [6, 6.07) is 0. The molecule has 0 radical (unpaired) electrons. The maximum atomic E-state index is 9.70. The Kier molecular flexibility index (Phi) is 16.1. The Bertz CT molecular complexity index is 158. The third-order valence-corrected chi connectivity index (χ3v) is 1.15. The predicted molar refractivity (Wildman–Crippen MR) is 48.9 cm³/mol. The van der Waals surface area contributed by atoms with Gasteiger partial charge in [0.2, 0.25) is 0 Å². The molecule has 0 aromatic rings. The van der Waals surface area contributed by atoms with E-state index in [1.54, 1.807) is 0 Å². The first-order valence-electron chi connectivity index (χ1n) is 4.65. The summed E-state index contributed by atoms with van der Waals surface area (Å²) in [6.45, 7) is 7.37. The second kappa shape index (κ2) is 11.9. The fraction of sp³-hybridized carbons (Fsp3) is 0.800. The molecule has 84 valence electrons. The van der Waals surface area contributed by atoms with Crippen LogP contribution in [0.5, 0.6) is 0 Å². The maximum Gasteiger partial charge on any atom is 2.00 e. The fourth-order valence-corrected chi connectivity index (χ4v) is 0.667. The van der Waals surface area contributed by atoms with Crippen molar-refractivity contribution in [3.05, 3.63) is 0 Å². The number of rotatable bonds is 4. The summed E-state index contributed by atoms with van der Waals surface area (Å²) in [5.41, 5.74) is 0. The van der Waals surface area contributed by atoms with Crippen molar-refractivity contribution < 1.29 is 47.1 Å². The molecule has 15 heavy (non-hydrogen) atoms. The Hall–Kier alpha value is -0.138. The van der Waals surface area contributed by atoms with Gasteiger partial charge in [0, 0.05) is 11.9 Å². The van der Waals surface area contributed by atoms with Crippen LogP contribution in [-0.4, -0.2) is 11.9 Å². The molecular weight excluding hydrogens is 297 g/mol. The number of hydrogen-bond acceptors (Lipinski definition) is 4. The van der Waals surface area contributed by atoms with Gasteiger partial charge in [-0.25, -0.2) is 0 Å². The van der Waals surface area contributed by atoms with Crippen molar-refractivity contribution in [1.82, 2.24) is 0 Å². The quantitative estimate of drug-likeness (QED) is 0.659. The molecule has 0 spiro atoms. The van der Waals surface area contributed by atoms with Gasteiger partial charge < -0.3 is 19.8 Å². The third kappa shape index (κ3) is 31.6. The van der Waals surface area contributed by atoms with Gasteiger partial charge >= 0.3 is 27.3 Å². The van der Waals surface area contributed by atoms with Crippen molar-refractivity contribution in [1.29, 1.82) is 0 Å². The molecule has 0 unspecified atom stereocenters. The van der Waals surface area contributed by atoms with E-state index in [-0.39, 0.29) is 52.0 Å². The van der Waals surface area contributed by atoms with Gasteiger partial charge in [0.05, 0.1) is 0 Å². The van der Waals surface area contributed by atoms with E-state index in [1.807, 2.05) is 27.7 Å². The average molecular weight is 315 g/mol. The van der Waals surface area contributed by atoms with Gasteiger partial charge in [-0.2, -0.15) is 0 Å². The average Bonchev–Trinajstić information content (AvgIpc) is 1.79. The van der Waals surface area contributed by atoms with E-state index in [0.717, 1.165) is 0 Å². The Balaban J connectivity index is -0.000000180. The molecule has 0 N–H and O–H groups in total. The minimum Gasteiger partial charge on any atom is -0.550 e. The monoisotopic (exact) mass is 316 g/mol. The molecule has 0 aliphatic rings. The minimum atomic E-state index is -0.963. The van der Waals surface area contributed by atoms with Crippen LogP contribution in [0.2, 0.25) is 0 Å². The summed E-state index contributed by atoms with van der Waals surface area (Å²) in [4.78, 5) is 19.4. The first-order chi connectivity index (χ1) is 6.25. The number of hydrogen-bond donors (Lipinski definition) is 0. The number of carbonyl (C=O) groups is 2. The van der Waals surface area contributed by atoms with Gasteiger partial charge in [-0.3, -0.25) is 0 Å². The van der Waals surface area contributed by atoms with Gasteiger partial charge in [0.1, 0.15) is 0 Å². The van der Waals surface area contributed by atoms with E-state index < -0.39 is 11.9 Å². The molecule has 4 nitrogen and oxygen atoms in total. The molecule has 0 aliphatic carbocycles. The van der Waals surface area contributed by atoms with Gasteiger partial charge in [0.25, 0.3) is 0 Å². The minimum absolute atomic E-state index is 0. The molecule has 0 fully saturated rings. The van der Waals surface area contributed by atoms with E-state index in [2.05, 4.69) is 0 Å². The predicted octanol–water partition coefficient (Wildman–Crippen LogP) is -0.438. The van der Waals surface area contributed by atoms with Crippen LogP contribution in [-0.2, 0) is 36.9 Å². The Morgan fingerprint density at radius 2 is 1.07 bits per heavy atom. The van der Waals surface area contributed by atoms with Crippen LogP contribution in [0.3, 0.4) is 0 Å². The summed E-state index contributed by atoms with van der Waals surface area (Å²) < 4.78 is 0. The number of carbonyl (C=O) groups excluding carboxylic acids is 2. The second-order valence-corrected chi connectivity index (χ2v) is 3.94. The molecule has 0 aromatic carbocycles. The van der Waals surface area contributed by atoms with Crippen LogP contribution in [0.15, 0.2) is 0 Å². The second-order valence-electron chi connectivity index (χ2n) is 3.94. The van der Waals surface area contributed by atoms with Gasteiger partial charge in [0.15, 0.2) is 0 Å². The zero-order valence-corrected chi connectivity index (χ0v) is 13.9. The maximum absolute atomic E-state index is 9.70. The van der Waals surface area contributed by atoms with Gasteiger partial charge in [-0.1, -0.05) is 27.7 Å². The molecule has 0 atom stereocenters. The van der Waals surface area contributed by atoms with Crippen molar-refractivity contribution >= 4 is 11.9 Å². The van der Waals surface area contributed by atoms with Crippen molar-refractivity contribution in [2.24, 2.45) is 11.8 Å². The summed E-state index contributed by atoms with van der Waals surface area (Å²) >= 11 is 0. The normalized spacial score (nSPS) is 8.93. The largest absolute Gasteiger partial charge is 2.00 e. The molecule has 0 rings (SSSR count). The standard InChI is InChI=1S/2C5H10O2.Cd/c2*1-4(2)3-5(6)7;/h2*4H,3H2,1-2H3,(H,6,7);/q;;+2/p-2. The van der Waals surface area contributed by atoms with Crippen molar-refractivity contribution in [2.45, 2.75) is 40.5 Å². The molecule has 0 amide bonds. The van der Waals surface area contributed by atoms with E-state index in [4.69, 9.17) is 0 Å². The fourth-order valence-electron chi connectivity index (χ4n) is 0.667. The molecule has 0 aliphatic heterocycles. The van der Waals surface area contributed by atoms with Crippen LogP contribution < -0.4 is 10.2 Å². The molecule has 5 heteroatoms. The van der Waals surface area contributed by atoms with E-state index in [0.29, 0.717) is 0 Å². The molecule has 0 saturated carbocycles. The topological polar surface area (TPSA) is 80.3 Å². The van der Waals surface area contributed by atoms with E-state index in [9.17, 15) is 19.8 Å². The van der Waals surface area contributed by atoms with Crippen LogP contribution in [0.1, 0.15) is 40.5 Å². The van der Waals surface area contributed by atoms with E-state index >= 15 is 0 Å². The van der Waals surface area contributed by atoms with Crippen LogP contribution >= 0.6 is 0 Å². The van der Waals surface area contributed by atoms with Gasteiger partial charge in [-0.15, -0.1) is 0 Å². The number of carboxylic acids is 2. The third-order valence-electron chi connectivity index (χ3n) is 1.15. The summed E-state index contributed by atoms with van der Waals surface area (Å²) in [7, 11) is 0. The molecule has 0 aromatic heterocycles. The summed E-state index contributed by atoms with van der Waals surface area (Å²) in [5, 5.41) is 19.4. The zero-order chi connectivity index (χ0) is 11.7. The van der Waals surface area contributed by atoms with Crippen LogP contribution in [0.4, 0.5) is 0 Å². The number of aliphatic carboxylic acids is 2. The first kappa shape index (κ1) is 20.3. The Morgan fingerprint density at radius 1 is 0.867 bits per heavy atom. The molecule has 0 saturated heterocycles. The summed E-state index contributed by atoms with van der Waals surface area (Å²) in [5.74, 6) is -1.50. The Labute approximate surface area is 111 Å². The molecular formula is C10H18CdO4. The van der Waals surface area contributed by atoms with E-state index in [1.165, 1.54) is 0 Å². The Morgan fingerprint density at radius 3 is 1.07 bits per heavy atom. The van der Waals surface area contributed by atoms with Crippen molar-refractivity contribution in [2.75, 3.05) is 0 Å². The molecule has 0 heterocycles. The SMILES string of the molecule is CC(C)CC(=O)[O-].CC(C)CC(=O)[O-].[Cd+2]. The van der Waals surface area contributed by atoms with Crippen molar-refractivity contribution in [3.63, 3.8) is 0 Å². The number of carboxylic acid groups (broad SMARTS) is 2. The summed E-state index contributed by atoms with van der Waals surface area (Å²) in [6.07, 6.45) is 0.333. The van der Waals surface area contributed by atoms with Crippen LogP contribution in [0.25, 0.3) is 0 Å². The zero-order valence-electron chi connectivity index (χ0n) is 9.91. The van der Waals surface area contributed by atoms with Crippen LogP contribution in [0, 0.1) is 11.8 Å². The molecule has 0 bridgehead atoms. The van der Waals surface area contributed by atoms with Gasteiger partial charge in [-0.05, 0) is 24.7 Å². The first-order valence-corrected chi connectivity index (χ1v) is 4.65. The van der Waals surface area contributed by atoms with Crippen molar-refractivity contribution in [3.8, 4) is 0 Å².